The molecule has 2 rings (SSSR count). The maximum absolute atomic E-state index is 5.11. The first-order valence-corrected chi connectivity index (χ1v) is 7.38. The highest BCUT2D eigenvalue weighted by atomic mass is 79.9. The Morgan fingerprint density at radius 3 is 2.94 bits per heavy atom. The molecular weight excluding hydrogens is 290 g/mol. The Hall–Kier alpha value is -0.200. The summed E-state index contributed by atoms with van der Waals surface area (Å²) in [6.45, 7) is 2.55. The van der Waals surface area contributed by atoms with Gasteiger partial charge in [-0.25, -0.2) is 4.98 Å². The lowest BCUT2D eigenvalue weighted by molar-refractivity contribution is 0.205. The molecule has 0 saturated heterocycles. The van der Waals surface area contributed by atoms with E-state index in [1.807, 2.05) is 0 Å². The SMILES string of the molecule is COCCN(CCBr)c1nc(C2CC2)ns1. The minimum Gasteiger partial charge on any atom is -0.383 e. The van der Waals surface area contributed by atoms with Crippen molar-refractivity contribution < 1.29 is 4.74 Å². The van der Waals surface area contributed by atoms with Crippen LogP contribution in [0.1, 0.15) is 24.6 Å². The van der Waals surface area contributed by atoms with Crippen molar-refractivity contribution in [2.24, 2.45) is 0 Å². The van der Waals surface area contributed by atoms with E-state index in [2.05, 4.69) is 30.2 Å². The van der Waals surface area contributed by atoms with Gasteiger partial charge in [0.15, 0.2) is 0 Å². The van der Waals surface area contributed by atoms with E-state index in [-0.39, 0.29) is 0 Å². The summed E-state index contributed by atoms with van der Waals surface area (Å²) in [6, 6.07) is 0. The summed E-state index contributed by atoms with van der Waals surface area (Å²) < 4.78 is 9.53. The molecule has 1 heterocycles. The fraction of sp³-hybridized carbons (Fsp3) is 0.800. The summed E-state index contributed by atoms with van der Waals surface area (Å²) in [4.78, 5) is 6.83. The number of aromatic nitrogens is 2. The molecule has 1 aromatic heterocycles. The first kappa shape index (κ1) is 12.3. The van der Waals surface area contributed by atoms with Crippen molar-refractivity contribution in [2.45, 2.75) is 18.8 Å². The highest BCUT2D eigenvalue weighted by Gasteiger charge is 2.28. The van der Waals surface area contributed by atoms with Crippen molar-refractivity contribution in [2.75, 3.05) is 37.0 Å². The number of ether oxygens (including phenoxy) is 1. The summed E-state index contributed by atoms with van der Waals surface area (Å²) >= 11 is 4.97. The molecule has 0 N–H and O–H groups in total. The maximum atomic E-state index is 5.11. The van der Waals surface area contributed by atoms with Crippen LogP contribution >= 0.6 is 27.5 Å². The van der Waals surface area contributed by atoms with Gasteiger partial charge in [0.1, 0.15) is 5.82 Å². The molecule has 0 radical (unpaired) electrons. The van der Waals surface area contributed by atoms with Crippen LogP contribution in [0.3, 0.4) is 0 Å². The summed E-state index contributed by atoms with van der Waals surface area (Å²) in [5, 5.41) is 1.97. The molecule has 0 aromatic carbocycles. The average Bonchev–Trinajstić information content (AvgIpc) is 3.03. The van der Waals surface area contributed by atoms with Crippen molar-refractivity contribution in [3.8, 4) is 0 Å². The molecule has 1 aromatic rings. The second kappa shape index (κ2) is 5.93. The van der Waals surface area contributed by atoms with Gasteiger partial charge in [-0.3, -0.25) is 0 Å². The van der Waals surface area contributed by atoms with E-state index in [1.165, 1.54) is 24.4 Å². The lowest BCUT2D eigenvalue weighted by Gasteiger charge is -2.19. The van der Waals surface area contributed by atoms with Gasteiger partial charge in [0.2, 0.25) is 5.13 Å². The average molecular weight is 306 g/mol. The normalized spacial score (nSPS) is 15.4. The molecule has 1 fully saturated rings. The third-order valence-electron chi connectivity index (χ3n) is 2.56. The summed E-state index contributed by atoms with van der Waals surface area (Å²) in [5.41, 5.74) is 0. The number of nitrogens with zero attached hydrogens (tertiary/aromatic N) is 3. The topological polar surface area (TPSA) is 38.2 Å². The smallest absolute Gasteiger partial charge is 0.205 e. The quantitative estimate of drug-likeness (QED) is 0.724. The zero-order valence-electron chi connectivity index (χ0n) is 9.36. The molecule has 1 saturated carbocycles. The lowest BCUT2D eigenvalue weighted by Crippen LogP contribution is -2.28. The van der Waals surface area contributed by atoms with Crippen LogP contribution in [-0.2, 0) is 4.74 Å². The molecule has 0 aliphatic heterocycles. The molecule has 0 unspecified atom stereocenters. The van der Waals surface area contributed by atoms with Gasteiger partial charge in [-0.1, -0.05) is 15.9 Å². The van der Waals surface area contributed by atoms with Crippen LogP contribution < -0.4 is 4.90 Å². The third-order valence-corrected chi connectivity index (χ3v) is 3.71. The summed E-state index contributed by atoms with van der Waals surface area (Å²) in [5.74, 6) is 1.68. The van der Waals surface area contributed by atoms with Crippen molar-refractivity contribution in [1.29, 1.82) is 0 Å². The van der Waals surface area contributed by atoms with Gasteiger partial charge < -0.3 is 9.64 Å². The second-order valence-electron chi connectivity index (χ2n) is 3.88. The number of methoxy groups -OCH3 is 1. The van der Waals surface area contributed by atoms with Gasteiger partial charge in [0.05, 0.1) is 6.61 Å². The van der Waals surface area contributed by atoms with Crippen molar-refractivity contribution >= 4 is 32.6 Å². The lowest BCUT2D eigenvalue weighted by atomic mass is 10.4. The van der Waals surface area contributed by atoms with Crippen molar-refractivity contribution in [3.05, 3.63) is 5.82 Å². The zero-order valence-corrected chi connectivity index (χ0v) is 11.8. The maximum Gasteiger partial charge on any atom is 0.205 e. The Morgan fingerprint density at radius 2 is 2.31 bits per heavy atom. The number of hydrogen-bond donors (Lipinski definition) is 0. The number of anilines is 1. The predicted octanol–water partition coefficient (Wildman–Crippen LogP) is 2.26. The van der Waals surface area contributed by atoms with Crippen LogP contribution in [0.2, 0.25) is 0 Å². The Bertz CT molecular complexity index is 330. The van der Waals surface area contributed by atoms with Crippen LogP contribution in [-0.4, -0.2) is 41.5 Å². The minimum absolute atomic E-state index is 0.637. The molecule has 4 nitrogen and oxygen atoms in total. The van der Waals surface area contributed by atoms with E-state index in [1.54, 1.807) is 7.11 Å². The van der Waals surface area contributed by atoms with E-state index in [0.717, 1.165) is 36.0 Å². The minimum atomic E-state index is 0.637. The Balaban J connectivity index is 1.98. The Morgan fingerprint density at radius 1 is 1.50 bits per heavy atom. The standard InChI is InChI=1S/C10H16BrN3OS/c1-15-7-6-14(5-4-11)10-12-9(13-16-10)8-2-3-8/h8H,2-7H2,1H3. The Labute approximate surface area is 108 Å². The van der Waals surface area contributed by atoms with Crippen LogP contribution in [0.4, 0.5) is 5.13 Å². The number of halogens is 1. The highest BCUT2D eigenvalue weighted by molar-refractivity contribution is 9.09. The molecule has 90 valence electrons. The fourth-order valence-corrected chi connectivity index (χ4v) is 2.69. The van der Waals surface area contributed by atoms with Crippen LogP contribution in [0.25, 0.3) is 0 Å². The van der Waals surface area contributed by atoms with Gasteiger partial charge in [0.25, 0.3) is 0 Å². The van der Waals surface area contributed by atoms with Gasteiger partial charge in [0, 0.05) is 43.0 Å². The highest BCUT2D eigenvalue weighted by Crippen LogP contribution is 2.39. The monoisotopic (exact) mass is 305 g/mol. The molecule has 16 heavy (non-hydrogen) atoms. The van der Waals surface area contributed by atoms with Gasteiger partial charge >= 0.3 is 0 Å². The molecule has 0 amide bonds. The van der Waals surface area contributed by atoms with E-state index >= 15 is 0 Å². The van der Waals surface area contributed by atoms with Crippen LogP contribution in [0, 0.1) is 0 Å². The second-order valence-corrected chi connectivity index (χ2v) is 5.40. The Kier molecular flexibility index (Phi) is 4.55. The van der Waals surface area contributed by atoms with E-state index in [0.29, 0.717) is 5.92 Å². The van der Waals surface area contributed by atoms with Crippen LogP contribution in [0.15, 0.2) is 0 Å². The van der Waals surface area contributed by atoms with Gasteiger partial charge in [-0.2, -0.15) is 4.37 Å². The fourth-order valence-electron chi connectivity index (χ4n) is 1.47. The third kappa shape index (κ3) is 3.15. The number of rotatable bonds is 7. The predicted molar refractivity (Wildman–Crippen MR) is 69.8 cm³/mol. The largest absolute Gasteiger partial charge is 0.383 e. The van der Waals surface area contributed by atoms with Gasteiger partial charge in [-0.05, 0) is 12.8 Å². The molecule has 1 aliphatic carbocycles. The molecule has 0 atom stereocenters. The number of hydrogen-bond acceptors (Lipinski definition) is 5. The molecule has 6 heteroatoms. The first-order valence-electron chi connectivity index (χ1n) is 5.48. The van der Waals surface area contributed by atoms with Crippen molar-refractivity contribution in [1.82, 2.24) is 9.36 Å². The molecule has 0 bridgehead atoms. The summed E-state index contributed by atoms with van der Waals surface area (Å²) in [7, 11) is 1.72. The van der Waals surface area contributed by atoms with Crippen LogP contribution in [0.5, 0.6) is 0 Å². The summed E-state index contributed by atoms with van der Waals surface area (Å²) in [6.07, 6.45) is 2.51. The zero-order chi connectivity index (χ0) is 11.4. The number of alkyl halides is 1. The molecule has 1 aliphatic rings. The van der Waals surface area contributed by atoms with E-state index in [9.17, 15) is 0 Å². The molecular formula is C10H16BrN3OS. The van der Waals surface area contributed by atoms with Crippen molar-refractivity contribution in [3.63, 3.8) is 0 Å². The first-order chi connectivity index (χ1) is 7.85. The van der Waals surface area contributed by atoms with E-state index < -0.39 is 0 Å². The van der Waals surface area contributed by atoms with Gasteiger partial charge in [-0.15, -0.1) is 0 Å². The molecule has 0 spiro atoms. The van der Waals surface area contributed by atoms with E-state index in [4.69, 9.17) is 4.74 Å².